The average molecular weight is 286 g/mol. The van der Waals surface area contributed by atoms with Gasteiger partial charge in [0.25, 0.3) is 0 Å². The van der Waals surface area contributed by atoms with Crippen LogP contribution in [0, 0.1) is 0 Å². The summed E-state index contributed by atoms with van der Waals surface area (Å²) in [5, 5.41) is 3.44. The standard InChI is InChI=1S/C18H26N2O/c1-3-16-6-4-5-9-20(16)12-18(21)14-7-8-17-15(11-14)10-13(2)19-17/h7-8,11,13,16,19H,3-6,9-10,12H2,1-2H3. The van der Waals surface area contributed by atoms with E-state index in [1.54, 1.807) is 0 Å². The smallest absolute Gasteiger partial charge is 0.176 e. The highest BCUT2D eigenvalue weighted by atomic mass is 16.1. The highest BCUT2D eigenvalue weighted by Crippen LogP contribution is 2.27. The molecule has 2 heterocycles. The predicted molar refractivity (Wildman–Crippen MR) is 87.1 cm³/mol. The third kappa shape index (κ3) is 3.13. The SMILES string of the molecule is CCC1CCCCN1CC(=O)c1ccc2c(c1)CC(C)N2. The molecule has 0 aliphatic carbocycles. The molecule has 1 fully saturated rings. The topological polar surface area (TPSA) is 32.3 Å². The fraction of sp³-hybridized carbons (Fsp3) is 0.611. The summed E-state index contributed by atoms with van der Waals surface area (Å²) in [6, 6.07) is 7.23. The lowest BCUT2D eigenvalue weighted by Crippen LogP contribution is -2.42. The number of Topliss-reactive ketones (excluding diaryl/α,β-unsaturated/α-hetero) is 1. The molecule has 2 aliphatic heterocycles. The molecule has 1 N–H and O–H groups in total. The minimum atomic E-state index is 0.276. The number of rotatable bonds is 4. The number of likely N-dealkylation sites (tertiary alicyclic amines) is 1. The van der Waals surface area contributed by atoms with Gasteiger partial charge in [-0.25, -0.2) is 0 Å². The van der Waals surface area contributed by atoms with E-state index in [2.05, 4.69) is 36.2 Å². The highest BCUT2D eigenvalue weighted by Gasteiger charge is 2.24. The summed E-state index contributed by atoms with van der Waals surface area (Å²) in [5.41, 5.74) is 3.37. The van der Waals surface area contributed by atoms with Gasteiger partial charge in [0, 0.05) is 23.3 Å². The summed E-state index contributed by atoms with van der Waals surface area (Å²) >= 11 is 0. The third-order valence-corrected chi connectivity index (χ3v) is 4.92. The van der Waals surface area contributed by atoms with Crippen molar-refractivity contribution >= 4 is 11.5 Å². The Morgan fingerprint density at radius 2 is 2.24 bits per heavy atom. The second-order valence-corrected chi connectivity index (χ2v) is 6.57. The summed E-state index contributed by atoms with van der Waals surface area (Å²) < 4.78 is 0. The number of fused-ring (bicyclic) bond motifs is 1. The van der Waals surface area contributed by atoms with Crippen molar-refractivity contribution in [2.75, 3.05) is 18.4 Å². The van der Waals surface area contributed by atoms with Crippen LogP contribution in [0.15, 0.2) is 18.2 Å². The van der Waals surface area contributed by atoms with Crippen LogP contribution in [-0.2, 0) is 6.42 Å². The number of anilines is 1. The number of hydrogen-bond donors (Lipinski definition) is 1. The van der Waals surface area contributed by atoms with Crippen LogP contribution in [-0.4, -0.2) is 35.9 Å². The summed E-state index contributed by atoms with van der Waals surface area (Å²) in [5.74, 6) is 0.276. The summed E-state index contributed by atoms with van der Waals surface area (Å²) in [7, 11) is 0. The van der Waals surface area contributed by atoms with Crippen molar-refractivity contribution in [3.8, 4) is 0 Å². The molecule has 1 saturated heterocycles. The molecule has 0 spiro atoms. The van der Waals surface area contributed by atoms with Gasteiger partial charge in [0.15, 0.2) is 5.78 Å². The molecule has 2 unspecified atom stereocenters. The van der Waals surface area contributed by atoms with Crippen molar-refractivity contribution in [2.24, 2.45) is 0 Å². The molecule has 0 amide bonds. The number of carbonyl (C=O) groups is 1. The second kappa shape index (κ2) is 6.18. The summed E-state index contributed by atoms with van der Waals surface area (Å²) in [6.07, 6.45) is 5.97. The van der Waals surface area contributed by atoms with E-state index in [1.807, 2.05) is 6.07 Å². The van der Waals surface area contributed by atoms with Crippen LogP contribution in [0.5, 0.6) is 0 Å². The first-order valence-corrected chi connectivity index (χ1v) is 8.34. The maximum absolute atomic E-state index is 12.6. The van der Waals surface area contributed by atoms with Crippen molar-refractivity contribution < 1.29 is 4.79 Å². The number of piperidine rings is 1. The molecule has 0 aromatic heterocycles. The van der Waals surface area contributed by atoms with Gasteiger partial charge in [-0.3, -0.25) is 9.69 Å². The van der Waals surface area contributed by atoms with Crippen LogP contribution < -0.4 is 5.32 Å². The van der Waals surface area contributed by atoms with Gasteiger partial charge in [-0.1, -0.05) is 13.3 Å². The van der Waals surface area contributed by atoms with Crippen LogP contribution in [0.1, 0.15) is 55.5 Å². The van der Waals surface area contributed by atoms with Gasteiger partial charge in [-0.05, 0) is 62.9 Å². The number of ketones is 1. The van der Waals surface area contributed by atoms with E-state index in [0.717, 1.165) is 24.9 Å². The maximum Gasteiger partial charge on any atom is 0.176 e. The van der Waals surface area contributed by atoms with Crippen molar-refractivity contribution in [1.29, 1.82) is 0 Å². The second-order valence-electron chi connectivity index (χ2n) is 6.57. The molecule has 0 saturated carbocycles. The maximum atomic E-state index is 12.6. The Balaban J connectivity index is 1.69. The molecule has 2 atom stereocenters. The Labute approximate surface area is 127 Å². The Bertz CT molecular complexity index is 526. The molecule has 0 radical (unpaired) electrons. The van der Waals surface area contributed by atoms with Gasteiger partial charge in [-0.15, -0.1) is 0 Å². The number of hydrogen-bond acceptors (Lipinski definition) is 3. The molecule has 3 nitrogen and oxygen atoms in total. The first-order valence-electron chi connectivity index (χ1n) is 8.34. The first kappa shape index (κ1) is 14.6. The largest absolute Gasteiger partial charge is 0.382 e. The fourth-order valence-electron chi connectivity index (χ4n) is 3.73. The van der Waals surface area contributed by atoms with Crippen LogP contribution in [0.3, 0.4) is 0 Å². The van der Waals surface area contributed by atoms with Crippen LogP contribution in [0.4, 0.5) is 5.69 Å². The van der Waals surface area contributed by atoms with Gasteiger partial charge in [0.1, 0.15) is 0 Å². The zero-order chi connectivity index (χ0) is 14.8. The minimum Gasteiger partial charge on any atom is -0.382 e. The Hall–Kier alpha value is -1.35. The average Bonchev–Trinajstić information content (AvgIpc) is 2.86. The Morgan fingerprint density at radius 1 is 1.38 bits per heavy atom. The number of carbonyl (C=O) groups excluding carboxylic acids is 1. The highest BCUT2D eigenvalue weighted by molar-refractivity contribution is 5.98. The molecule has 3 rings (SSSR count). The molecule has 114 valence electrons. The molecular formula is C18H26N2O. The predicted octanol–water partition coefficient (Wildman–Crippen LogP) is 3.49. The third-order valence-electron chi connectivity index (χ3n) is 4.92. The van der Waals surface area contributed by atoms with E-state index in [0.29, 0.717) is 18.6 Å². The molecule has 3 heteroatoms. The molecule has 2 aliphatic rings. The van der Waals surface area contributed by atoms with Gasteiger partial charge < -0.3 is 5.32 Å². The molecule has 0 bridgehead atoms. The monoisotopic (exact) mass is 286 g/mol. The first-order chi connectivity index (χ1) is 10.2. The summed E-state index contributed by atoms with van der Waals surface area (Å²) in [4.78, 5) is 15.0. The van der Waals surface area contributed by atoms with Gasteiger partial charge in [-0.2, -0.15) is 0 Å². The summed E-state index contributed by atoms with van der Waals surface area (Å²) in [6.45, 7) is 6.07. The van der Waals surface area contributed by atoms with Crippen molar-refractivity contribution in [3.05, 3.63) is 29.3 Å². The van der Waals surface area contributed by atoms with Crippen molar-refractivity contribution in [3.63, 3.8) is 0 Å². The number of benzene rings is 1. The molecular weight excluding hydrogens is 260 g/mol. The Kier molecular flexibility index (Phi) is 4.29. The van der Waals surface area contributed by atoms with E-state index in [-0.39, 0.29) is 5.78 Å². The molecule has 1 aromatic carbocycles. The van der Waals surface area contributed by atoms with Crippen molar-refractivity contribution in [1.82, 2.24) is 4.90 Å². The lowest BCUT2D eigenvalue weighted by molar-refractivity contribution is 0.0838. The van der Waals surface area contributed by atoms with Crippen molar-refractivity contribution in [2.45, 2.75) is 58.0 Å². The van der Waals surface area contributed by atoms with Gasteiger partial charge in [0.05, 0.1) is 6.54 Å². The lowest BCUT2D eigenvalue weighted by atomic mass is 9.98. The molecule has 1 aromatic rings. The van der Waals surface area contributed by atoms with Gasteiger partial charge in [0.2, 0.25) is 0 Å². The molecule has 21 heavy (non-hydrogen) atoms. The van der Waals surface area contributed by atoms with E-state index in [1.165, 1.54) is 30.5 Å². The minimum absolute atomic E-state index is 0.276. The van der Waals surface area contributed by atoms with Gasteiger partial charge >= 0.3 is 0 Å². The van der Waals surface area contributed by atoms with E-state index >= 15 is 0 Å². The lowest BCUT2D eigenvalue weighted by Gasteiger charge is -2.34. The number of nitrogens with one attached hydrogen (secondary N) is 1. The van der Waals surface area contributed by atoms with Crippen LogP contribution in [0.2, 0.25) is 0 Å². The van der Waals surface area contributed by atoms with E-state index in [4.69, 9.17) is 0 Å². The van der Waals surface area contributed by atoms with E-state index < -0.39 is 0 Å². The zero-order valence-corrected chi connectivity index (χ0v) is 13.2. The van der Waals surface area contributed by atoms with E-state index in [9.17, 15) is 4.79 Å². The Morgan fingerprint density at radius 3 is 3.05 bits per heavy atom. The zero-order valence-electron chi connectivity index (χ0n) is 13.2. The van der Waals surface area contributed by atoms with Crippen LogP contribution in [0.25, 0.3) is 0 Å². The number of nitrogens with zero attached hydrogens (tertiary/aromatic N) is 1. The quantitative estimate of drug-likeness (QED) is 0.860. The van der Waals surface area contributed by atoms with Crippen LogP contribution >= 0.6 is 0 Å². The fourth-order valence-corrected chi connectivity index (χ4v) is 3.73. The normalized spacial score (nSPS) is 25.4.